The lowest BCUT2D eigenvalue weighted by molar-refractivity contribution is -0.148. The third-order valence-corrected chi connectivity index (χ3v) is 8.54. The van der Waals surface area contributed by atoms with Crippen LogP contribution < -0.4 is 10.5 Å². The molecule has 42 heavy (non-hydrogen) atoms. The Balaban J connectivity index is 1.57. The van der Waals surface area contributed by atoms with E-state index in [1.807, 2.05) is 6.08 Å². The van der Waals surface area contributed by atoms with Crippen molar-refractivity contribution in [3.63, 3.8) is 0 Å². The van der Waals surface area contributed by atoms with E-state index in [9.17, 15) is 39.9 Å². The normalized spacial score (nSPS) is 25.5. The first kappa shape index (κ1) is 28.9. The van der Waals surface area contributed by atoms with Crippen molar-refractivity contribution in [1.29, 1.82) is 0 Å². The molecule has 0 spiro atoms. The second-order valence-corrected chi connectivity index (χ2v) is 11.1. The number of likely N-dealkylation sites (N-methyl/N-ethyl adjacent to an activating group) is 1. The number of aromatic hydroxyl groups is 2. The number of aliphatic hydroxyl groups excluding tert-OH is 2. The number of ketones is 2. The molecule has 4 atom stereocenters. The summed E-state index contributed by atoms with van der Waals surface area (Å²) < 4.78 is 5.16. The number of ether oxygens (including phenoxy) is 1. The molecule has 0 unspecified atom stereocenters. The maximum absolute atomic E-state index is 13.8. The number of hydrogen-bond donors (Lipinski definition) is 6. The Labute approximate surface area is 241 Å². The average molecular weight is 577 g/mol. The smallest absolute Gasteiger partial charge is 0.255 e. The number of phenolic OH excluding ortho intramolecular Hbond substituents is 2. The van der Waals surface area contributed by atoms with E-state index in [1.165, 1.54) is 24.1 Å². The maximum Gasteiger partial charge on any atom is 0.255 e. The summed E-state index contributed by atoms with van der Waals surface area (Å²) in [6.45, 7) is 0. The molecule has 0 aromatic heterocycles. The number of primary amides is 1. The highest BCUT2D eigenvalue weighted by molar-refractivity contribution is 6.24. The number of phenols is 2. The van der Waals surface area contributed by atoms with Crippen molar-refractivity contribution in [2.45, 2.75) is 30.9 Å². The number of methoxy groups -OCH3 is 1. The zero-order valence-electron chi connectivity index (χ0n) is 23.3. The van der Waals surface area contributed by atoms with Crippen LogP contribution in [0.2, 0.25) is 0 Å². The Morgan fingerprint density at radius 1 is 1.12 bits per heavy atom. The van der Waals surface area contributed by atoms with Gasteiger partial charge in [0.1, 0.15) is 22.8 Å². The van der Waals surface area contributed by atoms with Crippen LogP contribution in [0.15, 0.2) is 59.1 Å². The zero-order valence-corrected chi connectivity index (χ0v) is 23.3. The van der Waals surface area contributed by atoms with Crippen molar-refractivity contribution in [2.24, 2.45) is 17.6 Å². The number of carbonyl (C=O) groups is 3. The standard InChI is InChI=1S/C31H32N2O9/c1-33(2)25-18-13-16-12-17-15(6-4-5-14-7-9-19(34)21(11-14)42-3)8-10-20(35)23(17)26(36)22(16)28(38)31(18,41)29(39)24(27(25)37)30(32)40/h4,6-11,16,18,25,34-35,37-38,41H,5,12-13H2,1-3H3,(H2,32,40)/b6-4-/t16-,18-,25-,31-/m0/s1. The first-order valence-corrected chi connectivity index (χ1v) is 13.3. The van der Waals surface area contributed by atoms with Gasteiger partial charge >= 0.3 is 0 Å². The second-order valence-electron chi connectivity index (χ2n) is 11.1. The molecule has 0 saturated heterocycles. The van der Waals surface area contributed by atoms with Crippen LogP contribution in [-0.2, 0) is 22.4 Å². The second kappa shape index (κ2) is 10.3. The topological polar surface area (TPSA) is 191 Å². The number of hydrogen-bond acceptors (Lipinski definition) is 10. The molecule has 3 aliphatic carbocycles. The molecular weight excluding hydrogens is 544 g/mol. The number of allylic oxidation sites excluding steroid dienone is 2. The highest BCUT2D eigenvalue weighted by Crippen LogP contribution is 2.52. The van der Waals surface area contributed by atoms with Crippen LogP contribution in [0, 0.1) is 11.8 Å². The third kappa shape index (κ3) is 4.24. The van der Waals surface area contributed by atoms with E-state index in [2.05, 4.69) is 0 Å². The lowest BCUT2D eigenvalue weighted by Crippen LogP contribution is -2.63. The summed E-state index contributed by atoms with van der Waals surface area (Å²) in [6.07, 6.45) is 4.35. The highest BCUT2D eigenvalue weighted by Gasteiger charge is 2.63. The first-order valence-electron chi connectivity index (χ1n) is 13.3. The van der Waals surface area contributed by atoms with Crippen LogP contribution >= 0.6 is 0 Å². The van der Waals surface area contributed by atoms with E-state index < -0.39 is 58.0 Å². The van der Waals surface area contributed by atoms with Crippen LogP contribution in [0.1, 0.15) is 33.5 Å². The van der Waals surface area contributed by atoms with Gasteiger partial charge in [-0.25, -0.2) is 0 Å². The van der Waals surface area contributed by atoms with Crippen molar-refractivity contribution in [2.75, 3.05) is 21.2 Å². The van der Waals surface area contributed by atoms with Gasteiger partial charge in [-0.05, 0) is 74.2 Å². The third-order valence-electron chi connectivity index (χ3n) is 8.54. The lowest BCUT2D eigenvalue weighted by atomic mass is 9.58. The predicted molar refractivity (Wildman–Crippen MR) is 151 cm³/mol. The first-order chi connectivity index (χ1) is 19.8. The summed E-state index contributed by atoms with van der Waals surface area (Å²) in [6, 6.07) is 6.96. The van der Waals surface area contributed by atoms with E-state index >= 15 is 0 Å². The van der Waals surface area contributed by atoms with E-state index in [0.717, 1.165) is 5.56 Å². The lowest BCUT2D eigenvalue weighted by Gasteiger charge is -2.50. The molecule has 2 aromatic rings. The summed E-state index contributed by atoms with van der Waals surface area (Å²) in [5, 5.41) is 54.5. The molecule has 220 valence electrons. The summed E-state index contributed by atoms with van der Waals surface area (Å²) >= 11 is 0. The number of carbonyl (C=O) groups excluding carboxylic acids is 3. The van der Waals surface area contributed by atoms with Crippen molar-refractivity contribution in [3.8, 4) is 17.2 Å². The highest BCUT2D eigenvalue weighted by atomic mass is 16.5. The molecule has 0 heterocycles. The number of aliphatic hydroxyl groups is 3. The summed E-state index contributed by atoms with van der Waals surface area (Å²) in [5.41, 5.74) is 3.65. The van der Waals surface area contributed by atoms with Crippen LogP contribution in [-0.4, -0.2) is 80.8 Å². The molecule has 0 bridgehead atoms. The van der Waals surface area contributed by atoms with Gasteiger partial charge in [0.15, 0.2) is 22.9 Å². The number of Topliss-reactive ketones (excluding diaryl/α,β-unsaturated/α-hetero) is 2. The van der Waals surface area contributed by atoms with E-state index in [-0.39, 0.29) is 35.5 Å². The Morgan fingerprint density at radius 3 is 2.45 bits per heavy atom. The van der Waals surface area contributed by atoms with Crippen molar-refractivity contribution in [3.05, 3.63) is 81.3 Å². The molecule has 0 saturated carbocycles. The average Bonchev–Trinajstić information content (AvgIpc) is 2.92. The molecule has 1 amide bonds. The minimum Gasteiger partial charge on any atom is -0.510 e. The van der Waals surface area contributed by atoms with Crippen LogP contribution in [0.5, 0.6) is 17.2 Å². The summed E-state index contributed by atoms with van der Waals surface area (Å²) in [4.78, 5) is 40.8. The largest absolute Gasteiger partial charge is 0.510 e. The number of nitrogens with two attached hydrogens (primary N) is 1. The molecular formula is C31H32N2O9. The number of nitrogens with zero attached hydrogens (tertiary/aromatic N) is 1. The van der Waals surface area contributed by atoms with Crippen molar-refractivity contribution >= 4 is 23.5 Å². The van der Waals surface area contributed by atoms with Crippen molar-refractivity contribution < 1.29 is 44.7 Å². The summed E-state index contributed by atoms with van der Waals surface area (Å²) in [5.74, 6) is -6.51. The Hall–Kier alpha value is -4.61. The predicted octanol–water partition coefficient (Wildman–Crippen LogP) is 2.09. The Kier molecular flexibility index (Phi) is 7.12. The van der Waals surface area contributed by atoms with Crippen LogP contribution in [0.3, 0.4) is 0 Å². The van der Waals surface area contributed by atoms with Gasteiger partial charge in [0.25, 0.3) is 5.91 Å². The van der Waals surface area contributed by atoms with Gasteiger partial charge in [-0.1, -0.05) is 24.3 Å². The number of fused-ring (bicyclic) bond motifs is 3. The van der Waals surface area contributed by atoms with E-state index in [4.69, 9.17) is 10.5 Å². The van der Waals surface area contributed by atoms with Crippen molar-refractivity contribution in [1.82, 2.24) is 4.90 Å². The van der Waals surface area contributed by atoms with Gasteiger partial charge < -0.3 is 36.0 Å². The molecule has 5 rings (SSSR count). The molecule has 7 N–H and O–H groups in total. The van der Waals surface area contributed by atoms with Gasteiger partial charge in [-0.15, -0.1) is 0 Å². The summed E-state index contributed by atoms with van der Waals surface area (Å²) in [7, 11) is 4.62. The van der Waals surface area contributed by atoms with Crippen LogP contribution in [0.25, 0.3) is 6.08 Å². The van der Waals surface area contributed by atoms with E-state index in [0.29, 0.717) is 23.3 Å². The minimum atomic E-state index is -2.68. The molecule has 0 radical (unpaired) electrons. The molecule has 3 aliphatic rings. The fourth-order valence-corrected chi connectivity index (χ4v) is 6.60. The maximum atomic E-state index is 13.8. The zero-order chi connectivity index (χ0) is 30.7. The SMILES string of the molecule is COc1cc(C/C=C\c2ccc(O)c3c2C[C@H]2C[C@H]4[C@H](N(C)C)C(O)=C(C(N)=O)C(=O)[C@@]4(O)C(O)=C2C3=O)ccc1O. The Morgan fingerprint density at radius 2 is 1.81 bits per heavy atom. The van der Waals surface area contributed by atoms with Gasteiger partial charge in [0, 0.05) is 11.5 Å². The number of amides is 1. The minimum absolute atomic E-state index is 0.0118. The van der Waals surface area contributed by atoms with Crippen LogP contribution in [0.4, 0.5) is 0 Å². The van der Waals surface area contributed by atoms with Gasteiger partial charge in [0.2, 0.25) is 5.78 Å². The molecule has 11 nitrogen and oxygen atoms in total. The number of benzene rings is 2. The van der Waals surface area contributed by atoms with E-state index in [1.54, 1.807) is 38.4 Å². The monoisotopic (exact) mass is 576 g/mol. The molecule has 11 heteroatoms. The molecule has 0 aliphatic heterocycles. The Bertz CT molecular complexity index is 1620. The molecule has 2 aromatic carbocycles. The fourth-order valence-electron chi connectivity index (χ4n) is 6.60. The quantitative estimate of drug-likeness (QED) is 0.278. The van der Waals surface area contributed by atoms with Gasteiger partial charge in [-0.3, -0.25) is 19.3 Å². The fraction of sp³-hybridized carbons (Fsp3) is 0.323. The van der Waals surface area contributed by atoms with Gasteiger partial charge in [-0.2, -0.15) is 0 Å². The van der Waals surface area contributed by atoms with Gasteiger partial charge in [0.05, 0.1) is 18.7 Å². The molecule has 0 fully saturated rings. The number of rotatable bonds is 6.